The third-order valence-corrected chi connectivity index (χ3v) is 7.06. The molecule has 0 aliphatic rings. The molecule has 8 heteroatoms. The van der Waals surface area contributed by atoms with E-state index in [9.17, 15) is 14.4 Å². The molecule has 2 atom stereocenters. The Morgan fingerprint density at radius 3 is 2.21 bits per heavy atom. The van der Waals surface area contributed by atoms with Crippen molar-refractivity contribution in [1.82, 2.24) is 10.2 Å². The lowest BCUT2D eigenvalue weighted by Crippen LogP contribution is -2.51. The van der Waals surface area contributed by atoms with Crippen molar-refractivity contribution in [3.05, 3.63) is 77.4 Å². The number of hydrogen-bond acceptors (Lipinski definition) is 5. The topological polar surface area (TPSA) is 87.7 Å². The molecule has 0 aliphatic heterocycles. The summed E-state index contributed by atoms with van der Waals surface area (Å²) in [5, 5.41) is 7.83. The highest BCUT2D eigenvalue weighted by molar-refractivity contribution is 7.98. The molecule has 3 aromatic carbocycles. The monoisotopic (exact) mass is 549 g/mol. The number of fused-ring (bicyclic) bond motifs is 1. The van der Waals surface area contributed by atoms with Crippen molar-refractivity contribution in [2.24, 2.45) is 0 Å². The quantitative estimate of drug-likeness (QED) is 0.330. The fourth-order valence-corrected chi connectivity index (χ4v) is 5.02. The summed E-state index contributed by atoms with van der Waals surface area (Å²) in [7, 11) is 1.61. The maximum atomic E-state index is 13.9. The number of anilines is 1. The molecule has 0 spiro atoms. The molecule has 0 radical (unpaired) electrons. The van der Waals surface area contributed by atoms with Gasteiger partial charge in [0, 0.05) is 12.7 Å². The van der Waals surface area contributed by atoms with Crippen molar-refractivity contribution in [2.45, 2.75) is 58.7 Å². The average Bonchev–Trinajstić information content (AvgIpc) is 2.86. The molecule has 2 N–H and O–H groups in total. The van der Waals surface area contributed by atoms with Gasteiger partial charge in [-0.2, -0.15) is 11.8 Å². The second kappa shape index (κ2) is 13.0. The van der Waals surface area contributed by atoms with Crippen LogP contribution in [0.2, 0.25) is 0 Å². The Morgan fingerprint density at radius 2 is 1.59 bits per heavy atom. The van der Waals surface area contributed by atoms with Crippen molar-refractivity contribution >= 4 is 46.1 Å². The van der Waals surface area contributed by atoms with E-state index in [-0.39, 0.29) is 11.8 Å². The predicted molar refractivity (Wildman–Crippen MR) is 160 cm³/mol. The van der Waals surface area contributed by atoms with E-state index < -0.39 is 23.8 Å². The van der Waals surface area contributed by atoms with E-state index >= 15 is 0 Å². The first-order chi connectivity index (χ1) is 18.4. The number of hydrogen-bond donors (Lipinski definition) is 2. The van der Waals surface area contributed by atoms with Crippen molar-refractivity contribution in [3.8, 4) is 0 Å². The number of nitrogens with zero attached hydrogens (tertiary/aromatic N) is 1. The fourth-order valence-electron chi connectivity index (χ4n) is 4.55. The van der Waals surface area contributed by atoms with Crippen molar-refractivity contribution in [2.75, 3.05) is 24.4 Å². The molecule has 3 amide bonds. The van der Waals surface area contributed by atoms with Crippen LogP contribution >= 0.6 is 11.8 Å². The van der Waals surface area contributed by atoms with Gasteiger partial charge in [0.1, 0.15) is 17.7 Å². The first-order valence-corrected chi connectivity index (χ1v) is 14.4. The number of amides is 3. The Kier molecular flexibility index (Phi) is 10.0. The molecule has 0 bridgehead atoms. The molecular weight excluding hydrogens is 510 g/mol. The molecule has 0 aliphatic carbocycles. The van der Waals surface area contributed by atoms with Gasteiger partial charge in [0.25, 0.3) is 5.91 Å². The molecule has 7 nitrogen and oxygen atoms in total. The Bertz CT molecular complexity index is 1310. The third kappa shape index (κ3) is 7.99. The summed E-state index contributed by atoms with van der Waals surface area (Å²) in [5.41, 5.74) is 2.49. The summed E-state index contributed by atoms with van der Waals surface area (Å²) < 4.78 is 5.42. The fraction of sp³-hybridized carbons (Fsp3) is 0.387. The van der Waals surface area contributed by atoms with Gasteiger partial charge in [-0.15, -0.1) is 0 Å². The van der Waals surface area contributed by atoms with Gasteiger partial charge in [0.05, 0.1) is 0 Å². The number of nitrogens with one attached hydrogen (secondary N) is 2. The molecule has 39 heavy (non-hydrogen) atoms. The second-order valence-corrected chi connectivity index (χ2v) is 11.7. The van der Waals surface area contributed by atoms with Crippen LogP contribution in [0.4, 0.5) is 10.5 Å². The molecule has 0 fully saturated rings. The van der Waals surface area contributed by atoms with E-state index in [0.717, 1.165) is 27.5 Å². The number of carbonyl (C=O) groups is 3. The lowest BCUT2D eigenvalue weighted by atomic mass is 9.94. The highest BCUT2D eigenvalue weighted by atomic mass is 32.2. The number of rotatable bonds is 9. The van der Waals surface area contributed by atoms with E-state index in [1.54, 1.807) is 39.6 Å². The van der Waals surface area contributed by atoms with Crippen LogP contribution in [0, 0.1) is 13.8 Å². The van der Waals surface area contributed by atoms with Gasteiger partial charge in [-0.3, -0.25) is 9.59 Å². The van der Waals surface area contributed by atoms with Gasteiger partial charge < -0.3 is 20.3 Å². The molecule has 3 rings (SSSR count). The maximum absolute atomic E-state index is 13.9. The molecule has 3 aromatic rings. The minimum atomic E-state index is -0.914. The third-order valence-electron chi connectivity index (χ3n) is 6.42. The van der Waals surface area contributed by atoms with Crippen molar-refractivity contribution in [3.63, 3.8) is 0 Å². The van der Waals surface area contributed by atoms with Crippen molar-refractivity contribution in [1.29, 1.82) is 0 Å². The molecule has 0 saturated carbocycles. The zero-order chi connectivity index (χ0) is 28.7. The van der Waals surface area contributed by atoms with Crippen LogP contribution in [0.3, 0.4) is 0 Å². The van der Waals surface area contributed by atoms with Crippen molar-refractivity contribution < 1.29 is 19.1 Å². The minimum absolute atomic E-state index is 0.334. The lowest BCUT2D eigenvalue weighted by Gasteiger charge is -2.33. The summed E-state index contributed by atoms with van der Waals surface area (Å²) in [6.45, 7) is 9.17. The summed E-state index contributed by atoms with van der Waals surface area (Å²) in [5.74, 6) is -0.0483. The number of thioether (sulfide) groups is 1. The van der Waals surface area contributed by atoms with E-state index in [0.29, 0.717) is 17.9 Å². The molecule has 208 valence electrons. The average molecular weight is 550 g/mol. The molecular formula is C31H39N3O4S. The second-order valence-electron chi connectivity index (χ2n) is 10.7. The Balaban J connectivity index is 1.96. The number of alkyl carbamates (subject to hydrolysis) is 1. The molecule has 0 saturated heterocycles. The minimum Gasteiger partial charge on any atom is -0.444 e. The first-order valence-electron chi connectivity index (χ1n) is 13.0. The Hall–Kier alpha value is -3.52. The van der Waals surface area contributed by atoms with Gasteiger partial charge in [0.2, 0.25) is 5.91 Å². The molecule has 2 unspecified atom stereocenters. The normalized spacial score (nSPS) is 12.9. The number of likely N-dealkylation sites (N-methyl/N-ethyl adjacent to an activating group) is 1. The van der Waals surface area contributed by atoms with Gasteiger partial charge in [-0.25, -0.2) is 4.79 Å². The summed E-state index contributed by atoms with van der Waals surface area (Å²) in [6, 6.07) is 17.7. The highest BCUT2D eigenvalue weighted by Gasteiger charge is 2.35. The largest absolute Gasteiger partial charge is 0.444 e. The maximum Gasteiger partial charge on any atom is 0.408 e. The van der Waals surface area contributed by atoms with Gasteiger partial charge >= 0.3 is 6.09 Å². The van der Waals surface area contributed by atoms with E-state index in [1.165, 1.54) is 4.90 Å². The summed E-state index contributed by atoms with van der Waals surface area (Å²) >= 11 is 1.58. The Labute approximate surface area is 235 Å². The zero-order valence-electron chi connectivity index (χ0n) is 23.8. The Morgan fingerprint density at radius 1 is 0.949 bits per heavy atom. The van der Waals surface area contributed by atoms with Crippen LogP contribution in [-0.2, 0) is 14.3 Å². The van der Waals surface area contributed by atoms with Crippen LogP contribution in [0.15, 0.2) is 60.7 Å². The van der Waals surface area contributed by atoms with Crippen LogP contribution in [0.25, 0.3) is 10.8 Å². The first kappa shape index (κ1) is 30.0. The lowest BCUT2D eigenvalue weighted by molar-refractivity contribution is -0.139. The van der Waals surface area contributed by atoms with E-state index in [1.807, 2.05) is 80.8 Å². The SMILES string of the molecule is CSCCC(NC(=O)OC(C)(C)C)C(=O)N(C)C(C(=O)Nc1ccc2ccccc2c1)c1c(C)cccc1C. The van der Waals surface area contributed by atoms with E-state index in [4.69, 9.17) is 4.74 Å². The highest BCUT2D eigenvalue weighted by Crippen LogP contribution is 2.29. The van der Waals surface area contributed by atoms with Gasteiger partial charge in [0.15, 0.2) is 0 Å². The number of ether oxygens (including phenoxy) is 1. The van der Waals surface area contributed by atoms with E-state index in [2.05, 4.69) is 10.6 Å². The molecule has 0 heterocycles. The van der Waals surface area contributed by atoms with Crippen LogP contribution in [0.5, 0.6) is 0 Å². The number of carbonyl (C=O) groups excluding carboxylic acids is 3. The van der Waals surface area contributed by atoms with Crippen LogP contribution < -0.4 is 10.6 Å². The smallest absolute Gasteiger partial charge is 0.408 e. The zero-order valence-corrected chi connectivity index (χ0v) is 24.6. The van der Waals surface area contributed by atoms with Crippen LogP contribution in [0.1, 0.15) is 49.9 Å². The summed E-state index contributed by atoms with van der Waals surface area (Å²) in [6.07, 6.45) is 1.67. The van der Waals surface area contributed by atoms with Crippen LogP contribution in [-0.4, -0.2) is 53.5 Å². The van der Waals surface area contributed by atoms with Gasteiger partial charge in [-0.05, 0) is 92.6 Å². The summed E-state index contributed by atoms with van der Waals surface area (Å²) in [4.78, 5) is 41.8. The van der Waals surface area contributed by atoms with Gasteiger partial charge in [-0.1, -0.05) is 48.5 Å². The predicted octanol–water partition coefficient (Wildman–Crippen LogP) is 6.24. The standard InChI is InChI=1S/C31H39N3O4S/c1-20-11-10-12-21(2)26(20)27(28(35)32-24-16-15-22-13-8-9-14-23(22)19-24)34(6)29(36)25(17-18-39-7)33-30(37)38-31(3,4)5/h8-16,19,25,27H,17-18H2,1-7H3,(H,32,35)(H,33,37). The number of aryl methyl sites for hydroxylation is 2. The number of benzene rings is 3. The molecule has 0 aromatic heterocycles.